The summed E-state index contributed by atoms with van der Waals surface area (Å²) in [4.78, 5) is 0. The van der Waals surface area contributed by atoms with Crippen LogP contribution in [0, 0.1) is 5.92 Å². The molecule has 118 valence electrons. The number of aliphatic hydroxyl groups excluding tert-OH is 5. The van der Waals surface area contributed by atoms with E-state index in [0.717, 1.165) is 5.56 Å². The van der Waals surface area contributed by atoms with Gasteiger partial charge >= 0.3 is 0 Å². The Bertz CT molecular complexity index is 429. The molecule has 21 heavy (non-hydrogen) atoms. The highest BCUT2D eigenvalue weighted by atomic mass is 16.4. The Morgan fingerprint density at radius 2 is 1.52 bits per heavy atom. The van der Waals surface area contributed by atoms with Crippen LogP contribution in [0.25, 0.3) is 0 Å². The molecule has 0 heterocycles. The average molecular weight is 297 g/mol. The third-order valence-electron chi connectivity index (χ3n) is 4.16. The average Bonchev–Trinajstić information content (AvgIpc) is 2.50. The zero-order chi connectivity index (χ0) is 15.4. The zero-order valence-electron chi connectivity index (χ0n) is 11.7. The first-order chi connectivity index (χ1) is 10.1. The molecule has 0 bridgehead atoms. The molecule has 6 N–H and O–H groups in total. The minimum atomic E-state index is -1.39. The van der Waals surface area contributed by atoms with Crippen molar-refractivity contribution < 1.29 is 25.5 Å². The Labute approximate surface area is 123 Å². The number of benzene rings is 1. The fourth-order valence-corrected chi connectivity index (χ4v) is 2.82. The highest BCUT2D eigenvalue weighted by molar-refractivity contribution is 5.15. The molecule has 0 aliphatic heterocycles. The lowest BCUT2D eigenvalue weighted by atomic mass is 9.77. The van der Waals surface area contributed by atoms with E-state index < -0.39 is 43.0 Å². The van der Waals surface area contributed by atoms with Gasteiger partial charge in [-0.3, -0.25) is 0 Å². The SMILES string of the molecule is OC[C@H]1[C@@H](O)[C@H](NCCc2ccccc2)[C@H](O)[C@@H](O)[C@@H]1O. The molecule has 0 spiro atoms. The Morgan fingerprint density at radius 3 is 2.14 bits per heavy atom. The molecular weight excluding hydrogens is 274 g/mol. The van der Waals surface area contributed by atoms with Crippen LogP contribution in [-0.4, -0.2) is 69.1 Å². The highest BCUT2D eigenvalue weighted by Crippen LogP contribution is 2.26. The van der Waals surface area contributed by atoms with E-state index in [0.29, 0.717) is 13.0 Å². The Balaban J connectivity index is 1.94. The number of hydrogen-bond acceptors (Lipinski definition) is 6. The second-order valence-electron chi connectivity index (χ2n) is 5.52. The highest BCUT2D eigenvalue weighted by Gasteiger charge is 2.48. The molecule has 1 aliphatic carbocycles. The first-order valence-corrected chi connectivity index (χ1v) is 7.16. The topological polar surface area (TPSA) is 113 Å². The third-order valence-corrected chi connectivity index (χ3v) is 4.16. The lowest BCUT2D eigenvalue weighted by Crippen LogP contribution is -2.66. The van der Waals surface area contributed by atoms with E-state index in [4.69, 9.17) is 0 Å². The van der Waals surface area contributed by atoms with Crippen LogP contribution in [-0.2, 0) is 6.42 Å². The first-order valence-electron chi connectivity index (χ1n) is 7.16. The van der Waals surface area contributed by atoms with Crippen molar-refractivity contribution >= 4 is 0 Å². The summed E-state index contributed by atoms with van der Waals surface area (Å²) in [6, 6.07) is 8.96. The van der Waals surface area contributed by atoms with Crippen LogP contribution in [0.5, 0.6) is 0 Å². The fourth-order valence-electron chi connectivity index (χ4n) is 2.82. The third kappa shape index (κ3) is 3.60. The maximum atomic E-state index is 10.1. The van der Waals surface area contributed by atoms with E-state index in [2.05, 4.69) is 5.32 Å². The van der Waals surface area contributed by atoms with E-state index in [-0.39, 0.29) is 0 Å². The van der Waals surface area contributed by atoms with Crippen molar-refractivity contribution in [3.05, 3.63) is 35.9 Å². The lowest BCUT2D eigenvalue weighted by molar-refractivity contribution is -0.173. The van der Waals surface area contributed by atoms with Crippen molar-refractivity contribution in [2.75, 3.05) is 13.2 Å². The molecule has 1 aromatic rings. The van der Waals surface area contributed by atoms with Gasteiger partial charge in [0.05, 0.1) is 24.9 Å². The van der Waals surface area contributed by atoms with Gasteiger partial charge in [-0.2, -0.15) is 0 Å². The molecular formula is C15H23NO5. The Morgan fingerprint density at radius 1 is 0.857 bits per heavy atom. The van der Waals surface area contributed by atoms with Gasteiger partial charge in [-0.15, -0.1) is 0 Å². The van der Waals surface area contributed by atoms with E-state index in [9.17, 15) is 25.5 Å². The molecule has 0 saturated heterocycles. The fraction of sp³-hybridized carbons (Fsp3) is 0.600. The van der Waals surface area contributed by atoms with Crippen molar-refractivity contribution in [3.63, 3.8) is 0 Å². The maximum Gasteiger partial charge on any atom is 0.108 e. The van der Waals surface area contributed by atoms with Crippen molar-refractivity contribution in [3.8, 4) is 0 Å². The van der Waals surface area contributed by atoms with Crippen LogP contribution < -0.4 is 5.32 Å². The van der Waals surface area contributed by atoms with Gasteiger partial charge in [-0.05, 0) is 18.5 Å². The molecule has 2 rings (SSSR count). The van der Waals surface area contributed by atoms with Crippen LogP contribution in [0.2, 0.25) is 0 Å². The van der Waals surface area contributed by atoms with Gasteiger partial charge in [0.25, 0.3) is 0 Å². The summed E-state index contributed by atoms with van der Waals surface area (Å²) < 4.78 is 0. The van der Waals surface area contributed by atoms with Crippen LogP contribution in [0.1, 0.15) is 5.56 Å². The summed E-state index contributed by atoms with van der Waals surface area (Å²) >= 11 is 0. The van der Waals surface area contributed by atoms with Crippen molar-refractivity contribution in [1.82, 2.24) is 5.32 Å². The monoisotopic (exact) mass is 297 g/mol. The maximum absolute atomic E-state index is 10.1. The molecule has 0 amide bonds. The van der Waals surface area contributed by atoms with E-state index in [1.807, 2.05) is 30.3 Å². The minimum absolute atomic E-state index is 0.455. The quantitative estimate of drug-likeness (QED) is 0.384. The minimum Gasteiger partial charge on any atom is -0.396 e. The number of rotatable bonds is 5. The van der Waals surface area contributed by atoms with Gasteiger partial charge in [0, 0.05) is 5.92 Å². The second-order valence-corrected chi connectivity index (χ2v) is 5.52. The van der Waals surface area contributed by atoms with Crippen molar-refractivity contribution in [2.24, 2.45) is 5.92 Å². The molecule has 6 nitrogen and oxygen atoms in total. The molecule has 0 radical (unpaired) electrons. The summed E-state index contributed by atoms with van der Waals surface area (Å²) in [5.74, 6) is -0.877. The summed E-state index contributed by atoms with van der Waals surface area (Å²) in [6.07, 6.45) is -4.43. The molecule has 6 heteroatoms. The molecule has 0 aromatic heterocycles. The van der Waals surface area contributed by atoms with Crippen LogP contribution in [0.3, 0.4) is 0 Å². The molecule has 1 aromatic carbocycles. The van der Waals surface area contributed by atoms with E-state index in [1.54, 1.807) is 0 Å². The van der Waals surface area contributed by atoms with Gasteiger partial charge in [0.15, 0.2) is 0 Å². The predicted molar refractivity (Wildman–Crippen MR) is 76.5 cm³/mol. The summed E-state index contributed by atoms with van der Waals surface area (Å²) in [5.41, 5.74) is 1.11. The van der Waals surface area contributed by atoms with Gasteiger partial charge in [0.2, 0.25) is 0 Å². The summed E-state index contributed by atoms with van der Waals surface area (Å²) in [5, 5.41) is 51.9. The molecule has 1 saturated carbocycles. The molecule has 1 aliphatic rings. The predicted octanol–water partition coefficient (Wildman–Crippen LogP) is -1.75. The lowest BCUT2D eigenvalue weighted by Gasteiger charge is -2.43. The van der Waals surface area contributed by atoms with Gasteiger partial charge in [0.1, 0.15) is 12.2 Å². The van der Waals surface area contributed by atoms with E-state index in [1.165, 1.54) is 0 Å². The standard InChI is InChI=1S/C15H23NO5/c17-8-10-12(18)11(14(20)15(21)13(10)19)16-7-6-9-4-2-1-3-5-9/h1-5,10-21H,6-8H2/t10-,11-,12+,13+,14-,15-/m0/s1. The second kappa shape index (κ2) is 7.31. The number of hydrogen-bond donors (Lipinski definition) is 6. The van der Waals surface area contributed by atoms with Crippen LogP contribution >= 0.6 is 0 Å². The smallest absolute Gasteiger partial charge is 0.108 e. The van der Waals surface area contributed by atoms with Gasteiger partial charge < -0.3 is 30.8 Å². The Kier molecular flexibility index (Phi) is 5.69. The Hall–Kier alpha value is -1.02. The van der Waals surface area contributed by atoms with Crippen LogP contribution in [0.4, 0.5) is 0 Å². The number of aliphatic hydroxyl groups is 5. The van der Waals surface area contributed by atoms with Crippen molar-refractivity contribution in [1.29, 1.82) is 0 Å². The largest absolute Gasteiger partial charge is 0.396 e. The molecule has 1 fully saturated rings. The van der Waals surface area contributed by atoms with Gasteiger partial charge in [-0.25, -0.2) is 0 Å². The van der Waals surface area contributed by atoms with Crippen molar-refractivity contribution in [2.45, 2.75) is 36.9 Å². The number of nitrogens with one attached hydrogen (secondary N) is 1. The van der Waals surface area contributed by atoms with E-state index >= 15 is 0 Å². The zero-order valence-corrected chi connectivity index (χ0v) is 11.7. The normalized spacial score (nSPS) is 36.6. The first kappa shape index (κ1) is 16.4. The summed E-state index contributed by atoms with van der Waals surface area (Å²) in [7, 11) is 0. The van der Waals surface area contributed by atoms with Gasteiger partial charge in [-0.1, -0.05) is 30.3 Å². The molecule has 0 unspecified atom stereocenters. The van der Waals surface area contributed by atoms with Crippen LogP contribution in [0.15, 0.2) is 30.3 Å². The summed E-state index contributed by atoms with van der Waals surface area (Å²) in [6.45, 7) is 0.0484. The molecule has 6 atom stereocenters.